The van der Waals surface area contributed by atoms with E-state index in [9.17, 15) is 4.79 Å². The highest BCUT2D eigenvalue weighted by molar-refractivity contribution is 9.10. The van der Waals surface area contributed by atoms with E-state index in [0.717, 1.165) is 29.2 Å². The number of aromatic nitrogens is 4. The largest absolute Gasteiger partial charge is 0.353 e. The van der Waals surface area contributed by atoms with Crippen molar-refractivity contribution in [3.05, 3.63) is 65.4 Å². The number of hydrogen-bond donors (Lipinski definition) is 0. The first-order valence-electron chi connectivity index (χ1n) is 8.31. The third-order valence-corrected chi connectivity index (χ3v) is 4.86. The van der Waals surface area contributed by atoms with Gasteiger partial charge in [-0.1, -0.05) is 22.0 Å². The van der Waals surface area contributed by atoms with Gasteiger partial charge in [0, 0.05) is 54.7 Å². The molecule has 0 atom stereocenters. The van der Waals surface area contributed by atoms with Crippen molar-refractivity contribution in [3.8, 4) is 5.82 Å². The third-order valence-electron chi connectivity index (χ3n) is 4.37. The van der Waals surface area contributed by atoms with Gasteiger partial charge in [0.25, 0.3) is 5.91 Å². The number of amides is 1. The highest BCUT2D eigenvalue weighted by Crippen LogP contribution is 2.18. The van der Waals surface area contributed by atoms with Crippen LogP contribution in [0, 0.1) is 0 Å². The van der Waals surface area contributed by atoms with E-state index < -0.39 is 0 Å². The molecule has 0 unspecified atom stereocenters. The zero-order valence-corrected chi connectivity index (χ0v) is 15.6. The van der Waals surface area contributed by atoms with Crippen LogP contribution in [0.25, 0.3) is 5.82 Å². The van der Waals surface area contributed by atoms with Gasteiger partial charge in [-0.15, -0.1) is 0 Å². The first-order chi connectivity index (χ1) is 12.7. The van der Waals surface area contributed by atoms with Crippen molar-refractivity contribution < 1.29 is 4.79 Å². The maximum atomic E-state index is 12.7. The molecular weight excluding hydrogens is 396 g/mol. The number of piperazine rings is 1. The van der Waals surface area contributed by atoms with Crippen molar-refractivity contribution in [2.75, 3.05) is 31.1 Å². The Morgan fingerprint density at radius 3 is 2.58 bits per heavy atom. The molecule has 2 aromatic heterocycles. The minimum Gasteiger partial charge on any atom is -0.353 e. The van der Waals surface area contributed by atoms with Crippen LogP contribution in [0.2, 0.25) is 0 Å². The molecule has 3 aromatic rings. The topological polar surface area (TPSA) is 67.2 Å². The lowest BCUT2D eigenvalue weighted by Crippen LogP contribution is -2.49. The number of rotatable bonds is 3. The molecule has 1 aliphatic heterocycles. The predicted molar refractivity (Wildman–Crippen MR) is 101 cm³/mol. The van der Waals surface area contributed by atoms with Crippen LogP contribution in [0.4, 0.5) is 5.82 Å². The molecule has 8 heteroatoms. The Kier molecular flexibility index (Phi) is 4.66. The lowest BCUT2D eigenvalue weighted by molar-refractivity contribution is 0.0746. The minimum atomic E-state index is 0.0627. The molecule has 1 aromatic carbocycles. The molecule has 0 N–H and O–H groups in total. The SMILES string of the molecule is O=C(c1cccc(Br)c1)N1CCN(c2cc(-n3ccnc3)ncn2)CC1. The van der Waals surface area contributed by atoms with Crippen LogP contribution in [0.5, 0.6) is 0 Å². The average molecular weight is 413 g/mol. The van der Waals surface area contributed by atoms with E-state index >= 15 is 0 Å². The maximum absolute atomic E-state index is 12.7. The van der Waals surface area contributed by atoms with Crippen LogP contribution in [0.15, 0.2) is 59.9 Å². The molecule has 1 fully saturated rings. The Hall–Kier alpha value is -2.74. The van der Waals surface area contributed by atoms with E-state index in [1.807, 2.05) is 46.0 Å². The smallest absolute Gasteiger partial charge is 0.254 e. The number of carbonyl (C=O) groups is 1. The molecule has 4 rings (SSSR count). The van der Waals surface area contributed by atoms with Crippen molar-refractivity contribution >= 4 is 27.7 Å². The number of benzene rings is 1. The monoisotopic (exact) mass is 412 g/mol. The summed E-state index contributed by atoms with van der Waals surface area (Å²) < 4.78 is 2.76. The maximum Gasteiger partial charge on any atom is 0.254 e. The van der Waals surface area contributed by atoms with Crippen LogP contribution in [0.1, 0.15) is 10.4 Å². The Balaban J connectivity index is 1.44. The van der Waals surface area contributed by atoms with E-state index in [2.05, 4.69) is 35.8 Å². The third kappa shape index (κ3) is 3.45. The van der Waals surface area contributed by atoms with Crippen molar-refractivity contribution in [1.82, 2.24) is 24.4 Å². The molecule has 0 bridgehead atoms. The molecular formula is C18H17BrN6O. The summed E-state index contributed by atoms with van der Waals surface area (Å²) in [4.78, 5) is 29.4. The number of anilines is 1. The highest BCUT2D eigenvalue weighted by atomic mass is 79.9. The lowest BCUT2D eigenvalue weighted by Gasteiger charge is -2.35. The second-order valence-electron chi connectivity index (χ2n) is 5.99. The van der Waals surface area contributed by atoms with Gasteiger partial charge in [0.05, 0.1) is 0 Å². The van der Waals surface area contributed by atoms with Crippen molar-refractivity contribution in [1.29, 1.82) is 0 Å². The first-order valence-corrected chi connectivity index (χ1v) is 9.10. The highest BCUT2D eigenvalue weighted by Gasteiger charge is 2.23. The minimum absolute atomic E-state index is 0.0627. The summed E-state index contributed by atoms with van der Waals surface area (Å²) in [5.41, 5.74) is 0.706. The molecule has 0 saturated carbocycles. The normalized spacial score (nSPS) is 14.5. The van der Waals surface area contributed by atoms with Gasteiger partial charge in [-0.3, -0.25) is 9.36 Å². The van der Waals surface area contributed by atoms with Crippen LogP contribution in [-0.2, 0) is 0 Å². The van der Waals surface area contributed by atoms with Gasteiger partial charge in [0.15, 0.2) is 0 Å². The van der Waals surface area contributed by atoms with E-state index in [-0.39, 0.29) is 5.91 Å². The van der Waals surface area contributed by atoms with E-state index in [1.165, 1.54) is 0 Å². The number of halogens is 1. The summed E-state index contributed by atoms with van der Waals surface area (Å²) in [7, 11) is 0. The second kappa shape index (κ2) is 7.25. The molecule has 1 amide bonds. The molecule has 132 valence electrons. The number of imidazole rings is 1. The van der Waals surface area contributed by atoms with Gasteiger partial charge in [-0.2, -0.15) is 0 Å². The van der Waals surface area contributed by atoms with Gasteiger partial charge < -0.3 is 9.80 Å². The molecule has 1 saturated heterocycles. The zero-order valence-electron chi connectivity index (χ0n) is 14.0. The standard InChI is InChI=1S/C18H17BrN6O/c19-15-3-1-2-14(10-15)18(26)24-8-6-23(7-9-24)16-11-17(22-12-21-16)25-5-4-20-13-25/h1-5,10-13H,6-9H2. The van der Waals surface area contributed by atoms with Crippen LogP contribution in [0.3, 0.4) is 0 Å². The number of carbonyl (C=O) groups excluding carboxylic acids is 1. The van der Waals surface area contributed by atoms with E-state index in [1.54, 1.807) is 18.9 Å². The molecule has 7 nitrogen and oxygen atoms in total. The summed E-state index contributed by atoms with van der Waals surface area (Å²) in [6.45, 7) is 2.80. The summed E-state index contributed by atoms with van der Waals surface area (Å²) in [5.74, 6) is 1.70. The summed E-state index contributed by atoms with van der Waals surface area (Å²) in [6, 6.07) is 9.44. The Morgan fingerprint density at radius 2 is 1.85 bits per heavy atom. The summed E-state index contributed by atoms with van der Waals surface area (Å²) in [6.07, 6.45) is 6.83. The van der Waals surface area contributed by atoms with Gasteiger partial charge in [0.2, 0.25) is 0 Å². The predicted octanol–water partition coefficient (Wildman–Crippen LogP) is 2.39. The quantitative estimate of drug-likeness (QED) is 0.660. The summed E-state index contributed by atoms with van der Waals surface area (Å²) >= 11 is 3.42. The van der Waals surface area contributed by atoms with Crippen molar-refractivity contribution in [3.63, 3.8) is 0 Å². The number of hydrogen-bond acceptors (Lipinski definition) is 5. The number of nitrogens with zero attached hydrogens (tertiary/aromatic N) is 6. The van der Waals surface area contributed by atoms with Crippen LogP contribution >= 0.6 is 15.9 Å². The fourth-order valence-electron chi connectivity index (χ4n) is 2.99. The molecule has 26 heavy (non-hydrogen) atoms. The van der Waals surface area contributed by atoms with E-state index in [0.29, 0.717) is 18.7 Å². The Morgan fingerprint density at radius 1 is 1.04 bits per heavy atom. The Labute approximate surface area is 159 Å². The molecule has 0 aliphatic carbocycles. The molecule has 0 radical (unpaired) electrons. The van der Waals surface area contributed by atoms with Crippen molar-refractivity contribution in [2.24, 2.45) is 0 Å². The van der Waals surface area contributed by atoms with Gasteiger partial charge in [-0.05, 0) is 18.2 Å². The molecule has 3 heterocycles. The summed E-state index contributed by atoms with van der Waals surface area (Å²) in [5, 5.41) is 0. The fraction of sp³-hybridized carbons (Fsp3) is 0.222. The van der Waals surface area contributed by atoms with Crippen LogP contribution in [-0.4, -0.2) is 56.5 Å². The fourth-order valence-corrected chi connectivity index (χ4v) is 3.39. The first kappa shape index (κ1) is 16.7. The van der Waals surface area contributed by atoms with Crippen molar-refractivity contribution in [2.45, 2.75) is 0 Å². The van der Waals surface area contributed by atoms with Gasteiger partial charge in [0.1, 0.15) is 24.3 Å². The second-order valence-corrected chi connectivity index (χ2v) is 6.91. The average Bonchev–Trinajstić information content (AvgIpc) is 3.23. The zero-order chi connectivity index (χ0) is 17.9. The van der Waals surface area contributed by atoms with E-state index in [4.69, 9.17) is 0 Å². The molecule has 0 spiro atoms. The van der Waals surface area contributed by atoms with Gasteiger partial charge in [-0.25, -0.2) is 15.0 Å². The Bertz CT molecular complexity index is 906. The van der Waals surface area contributed by atoms with Gasteiger partial charge >= 0.3 is 0 Å². The van der Waals surface area contributed by atoms with Crippen LogP contribution < -0.4 is 4.90 Å². The molecule has 1 aliphatic rings. The lowest BCUT2D eigenvalue weighted by atomic mass is 10.2.